The maximum absolute atomic E-state index is 5.80. The van der Waals surface area contributed by atoms with Crippen molar-refractivity contribution < 1.29 is 4.74 Å². The fourth-order valence-electron chi connectivity index (χ4n) is 1.85. The van der Waals surface area contributed by atoms with Crippen molar-refractivity contribution in [3.63, 3.8) is 0 Å². The van der Waals surface area contributed by atoms with E-state index in [1.165, 1.54) is 0 Å². The largest absolute Gasteiger partial charge is 0.471 e. The van der Waals surface area contributed by atoms with E-state index < -0.39 is 0 Å². The van der Waals surface area contributed by atoms with Crippen molar-refractivity contribution in [3.8, 4) is 5.88 Å². The van der Waals surface area contributed by atoms with Crippen LogP contribution < -0.4 is 15.4 Å². The Hall–Kier alpha value is -1.20. The van der Waals surface area contributed by atoms with Gasteiger partial charge in [0, 0.05) is 38.2 Å². The van der Waals surface area contributed by atoms with Gasteiger partial charge in [0.05, 0.1) is 5.69 Å². The van der Waals surface area contributed by atoms with E-state index >= 15 is 0 Å². The second kappa shape index (κ2) is 3.75. The fraction of sp³-hybridized carbons (Fsp3) is 0.600. The smallest absolute Gasteiger partial charge is 0.221 e. The molecule has 1 saturated heterocycles. The van der Waals surface area contributed by atoms with Gasteiger partial charge in [0.1, 0.15) is 12.4 Å². The molecule has 1 aromatic heterocycles. The molecule has 0 unspecified atom stereocenters. The van der Waals surface area contributed by atoms with E-state index in [0.29, 0.717) is 0 Å². The SMILES string of the molecule is c1nc2c(c(OC3CNC3)n1)CNCC2. The van der Waals surface area contributed by atoms with Crippen molar-refractivity contribution in [1.29, 1.82) is 0 Å². The van der Waals surface area contributed by atoms with E-state index in [2.05, 4.69) is 20.6 Å². The molecule has 3 rings (SSSR count). The van der Waals surface area contributed by atoms with Gasteiger partial charge in [0.15, 0.2) is 0 Å². The van der Waals surface area contributed by atoms with E-state index in [4.69, 9.17) is 4.74 Å². The summed E-state index contributed by atoms with van der Waals surface area (Å²) in [7, 11) is 0. The van der Waals surface area contributed by atoms with Gasteiger partial charge in [-0.15, -0.1) is 0 Å². The van der Waals surface area contributed by atoms with Gasteiger partial charge >= 0.3 is 0 Å². The minimum atomic E-state index is 0.283. The second-order valence-corrected chi connectivity index (χ2v) is 3.93. The van der Waals surface area contributed by atoms with Gasteiger partial charge in [0.25, 0.3) is 0 Å². The number of hydrogen-bond donors (Lipinski definition) is 2. The first-order valence-corrected chi connectivity index (χ1v) is 5.34. The molecule has 2 aliphatic rings. The maximum Gasteiger partial charge on any atom is 0.221 e. The summed E-state index contributed by atoms with van der Waals surface area (Å²) in [6.45, 7) is 3.67. The zero-order valence-electron chi connectivity index (χ0n) is 8.49. The second-order valence-electron chi connectivity index (χ2n) is 3.93. The predicted octanol–water partition coefficient (Wildman–Crippen LogP) is -0.527. The Morgan fingerprint density at radius 3 is 3.00 bits per heavy atom. The Bertz CT molecular complexity index is 364. The van der Waals surface area contributed by atoms with Crippen LogP contribution in [0.5, 0.6) is 5.88 Å². The van der Waals surface area contributed by atoms with Crippen molar-refractivity contribution in [2.24, 2.45) is 0 Å². The molecule has 0 saturated carbocycles. The molecule has 0 bridgehead atoms. The van der Waals surface area contributed by atoms with Gasteiger partial charge in [0.2, 0.25) is 5.88 Å². The summed E-state index contributed by atoms with van der Waals surface area (Å²) in [4.78, 5) is 8.50. The van der Waals surface area contributed by atoms with Crippen LogP contribution in [0.2, 0.25) is 0 Å². The molecule has 0 aliphatic carbocycles. The first-order chi connectivity index (χ1) is 7.43. The van der Waals surface area contributed by atoms with Crippen LogP contribution in [0, 0.1) is 0 Å². The molecular weight excluding hydrogens is 192 g/mol. The fourth-order valence-corrected chi connectivity index (χ4v) is 1.85. The molecule has 2 aliphatic heterocycles. The minimum absolute atomic E-state index is 0.283. The lowest BCUT2D eigenvalue weighted by Gasteiger charge is -2.29. The molecule has 3 heterocycles. The number of fused-ring (bicyclic) bond motifs is 1. The third kappa shape index (κ3) is 1.68. The number of nitrogens with zero attached hydrogens (tertiary/aromatic N) is 2. The molecule has 1 aromatic rings. The summed E-state index contributed by atoms with van der Waals surface area (Å²) in [5.41, 5.74) is 2.27. The van der Waals surface area contributed by atoms with Crippen LogP contribution in [0.1, 0.15) is 11.3 Å². The summed E-state index contributed by atoms with van der Waals surface area (Å²) in [6.07, 6.45) is 2.86. The first-order valence-electron chi connectivity index (χ1n) is 5.34. The van der Waals surface area contributed by atoms with Crippen LogP contribution in [0.4, 0.5) is 0 Å². The van der Waals surface area contributed by atoms with Crippen LogP contribution in [0.15, 0.2) is 6.33 Å². The Balaban J connectivity index is 1.85. The third-order valence-corrected chi connectivity index (χ3v) is 2.86. The predicted molar refractivity (Wildman–Crippen MR) is 54.7 cm³/mol. The summed E-state index contributed by atoms with van der Waals surface area (Å²) < 4.78 is 5.80. The van der Waals surface area contributed by atoms with Crippen molar-refractivity contribution >= 4 is 0 Å². The van der Waals surface area contributed by atoms with Crippen LogP contribution >= 0.6 is 0 Å². The number of rotatable bonds is 2. The Labute approximate surface area is 88.3 Å². The molecule has 0 aromatic carbocycles. The molecule has 80 valence electrons. The molecular formula is C10H14N4O. The maximum atomic E-state index is 5.80. The topological polar surface area (TPSA) is 59.1 Å². The summed E-state index contributed by atoms with van der Waals surface area (Å²) in [5, 5.41) is 6.49. The lowest BCUT2D eigenvalue weighted by molar-refractivity contribution is 0.133. The van der Waals surface area contributed by atoms with Crippen molar-refractivity contribution in [1.82, 2.24) is 20.6 Å². The highest BCUT2D eigenvalue weighted by molar-refractivity contribution is 5.31. The number of ether oxygens (including phenoxy) is 1. The average Bonchev–Trinajstić information content (AvgIpc) is 2.23. The lowest BCUT2D eigenvalue weighted by atomic mass is 10.1. The molecule has 0 amide bonds. The number of aromatic nitrogens is 2. The van der Waals surface area contributed by atoms with E-state index in [-0.39, 0.29) is 6.10 Å². The van der Waals surface area contributed by atoms with Crippen LogP contribution in [-0.2, 0) is 13.0 Å². The molecule has 15 heavy (non-hydrogen) atoms. The molecule has 0 spiro atoms. The van der Waals surface area contributed by atoms with Gasteiger partial charge in [-0.1, -0.05) is 0 Å². The quantitative estimate of drug-likeness (QED) is 0.681. The van der Waals surface area contributed by atoms with E-state index in [0.717, 1.165) is 49.7 Å². The molecule has 0 radical (unpaired) electrons. The van der Waals surface area contributed by atoms with Gasteiger partial charge < -0.3 is 15.4 Å². The summed E-state index contributed by atoms with van der Waals surface area (Å²) in [5.74, 6) is 0.763. The minimum Gasteiger partial charge on any atom is -0.471 e. The van der Waals surface area contributed by atoms with Gasteiger partial charge in [-0.2, -0.15) is 0 Å². The Kier molecular flexibility index (Phi) is 2.26. The van der Waals surface area contributed by atoms with Crippen molar-refractivity contribution in [3.05, 3.63) is 17.6 Å². The average molecular weight is 206 g/mol. The van der Waals surface area contributed by atoms with Crippen LogP contribution in [0.25, 0.3) is 0 Å². The zero-order chi connectivity index (χ0) is 10.1. The first kappa shape index (κ1) is 9.06. The molecule has 2 N–H and O–H groups in total. The van der Waals surface area contributed by atoms with Crippen molar-refractivity contribution in [2.45, 2.75) is 19.1 Å². The molecule has 0 atom stereocenters. The molecule has 1 fully saturated rings. The summed E-state index contributed by atoms with van der Waals surface area (Å²) in [6, 6.07) is 0. The van der Waals surface area contributed by atoms with Gasteiger partial charge in [-0.05, 0) is 0 Å². The normalized spacial score (nSPS) is 20.5. The van der Waals surface area contributed by atoms with E-state index in [1.807, 2.05) is 0 Å². The monoisotopic (exact) mass is 206 g/mol. The Morgan fingerprint density at radius 2 is 2.20 bits per heavy atom. The highest BCUT2D eigenvalue weighted by Crippen LogP contribution is 2.21. The highest BCUT2D eigenvalue weighted by atomic mass is 16.5. The standard InChI is InChI=1S/C10H14N4O/c1-2-11-5-8-9(1)13-6-14-10(8)15-7-3-12-4-7/h6-7,11-12H,1-5H2. The van der Waals surface area contributed by atoms with E-state index in [9.17, 15) is 0 Å². The lowest BCUT2D eigenvalue weighted by Crippen LogP contribution is -2.50. The van der Waals surface area contributed by atoms with Gasteiger partial charge in [-0.3, -0.25) is 0 Å². The van der Waals surface area contributed by atoms with Crippen LogP contribution in [0.3, 0.4) is 0 Å². The third-order valence-electron chi connectivity index (χ3n) is 2.86. The molecule has 5 heteroatoms. The number of nitrogens with one attached hydrogen (secondary N) is 2. The molecule has 5 nitrogen and oxygen atoms in total. The zero-order valence-corrected chi connectivity index (χ0v) is 8.49. The summed E-state index contributed by atoms with van der Waals surface area (Å²) >= 11 is 0. The highest BCUT2D eigenvalue weighted by Gasteiger charge is 2.22. The Morgan fingerprint density at radius 1 is 1.27 bits per heavy atom. The van der Waals surface area contributed by atoms with E-state index in [1.54, 1.807) is 6.33 Å². The van der Waals surface area contributed by atoms with Gasteiger partial charge in [-0.25, -0.2) is 9.97 Å². The van der Waals surface area contributed by atoms with Crippen LogP contribution in [-0.4, -0.2) is 35.7 Å². The van der Waals surface area contributed by atoms with Crippen molar-refractivity contribution in [2.75, 3.05) is 19.6 Å². The number of hydrogen-bond acceptors (Lipinski definition) is 5.